The second-order valence-corrected chi connectivity index (χ2v) is 3.48. The fraction of sp³-hybridized carbons (Fsp3) is 0.500. The third kappa shape index (κ3) is 1.83. The topological polar surface area (TPSA) is 82.8 Å². The summed E-state index contributed by atoms with van der Waals surface area (Å²) >= 11 is 0. The van der Waals surface area contributed by atoms with Crippen LogP contribution in [0.1, 0.15) is 37.3 Å². The van der Waals surface area contributed by atoms with Crippen LogP contribution in [0.15, 0.2) is 17.0 Å². The van der Waals surface area contributed by atoms with Crippen LogP contribution in [0.2, 0.25) is 0 Å². The number of hydrogen-bond acceptors (Lipinski definition) is 5. The third-order valence-electron chi connectivity index (χ3n) is 2.47. The monoisotopic (exact) mass is 221 g/mol. The predicted molar refractivity (Wildman–Crippen MR) is 57.6 cm³/mol. The Morgan fingerprint density at radius 3 is 2.94 bits per heavy atom. The lowest BCUT2D eigenvalue weighted by atomic mass is 10.2. The number of rotatable bonds is 4. The zero-order valence-electron chi connectivity index (χ0n) is 9.42. The van der Waals surface area contributed by atoms with Gasteiger partial charge in [-0.1, -0.05) is 12.1 Å². The number of nitrogens with two attached hydrogens (primary N) is 1. The first-order valence-electron chi connectivity index (χ1n) is 5.34. The second-order valence-electron chi connectivity index (χ2n) is 3.48. The summed E-state index contributed by atoms with van der Waals surface area (Å²) in [7, 11) is 0. The molecule has 0 bridgehead atoms. The Kier molecular flexibility index (Phi) is 3.00. The molecule has 6 nitrogen and oxygen atoms in total. The smallest absolute Gasteiger partial charge is 0.226 e. The minimum Gasteiger partial charge on any atom is -0.339 e. The van der Waals surface area contributed by atoms with Crippen molar-refractivity contribution in [3.63, 3.8) is 0 Å². The third-order valence-corrected chi connectivity index (χ3v) is 2.47. The van der Waals surface area contributed by atoms with Crippen molar-refractivity contribution in [3.05, 3.63) is 29.9 Å². The van der Waals surface area contributed by atoms with Crippen LogP contribution < -0.4 is 5.73 Å². The lowest BCUT2D eigenvalue weighted by Crippen LogP contribution is -2.17. The molecule has 0 aliphatic carbocycles. The molecule has 0 spiro atoms. The van der Waals surface area contributed by atoms with Crippen molar-refractivity contribution < 1.29 is 4.52 Å². The van der Waals surface area contributed by atoms with Gasteiger partial charge >= 0.3 is 0 Å². The molecule has 0 aliphatic rings. The van der Waals surface area contributed by atoms with E-state index in [0.717, 1.165) is 12.2 Å². The molecule has 0 fully saturated rings. The van der Waals surface area contributed by atoms with Crippen LogP contribution in [0.5, 0.6) is 0 Å². The van der Waals surface area contributed by atoms with E-state index in [-0.39, 0.29) is 6.04 Å². The van der Waals surface area contributed by atoms with Gasteiger partial charge in [-0.15, -0.1) is 0 Å². The first-order valence-corrected chi connectivity index (χ1v) is 5.34. The molecule has 1 unspecified atom stereocenters. The standard InChI is InChI=1S/C10H15N5O/c1-3-8-13-10(14-16-8)9(11)7-5-12-6-15(7)4-2/h5-6,9H,3-4,11H2,1-2H3. The SMILES string of the molecule is CCc1nc(C(N)c2cncn2CC)no1. The van der Waals surface area contributed by atoms with Crippen molar-refractivity contribution in [3.8, 4) is 0 Å². The van der Waals surface area contributed by atoms with Crippen LogP contribution in [-0.2, 0) is 13.0 Å². The van der Waals surface area contributed by atoms with Crippen molar-refractivity contribution in [2.75, 3.05) is 0 Å². The highest BCUT2D eigenvalue weighted by atomic mass is 16.5. The van der Waals surface area contributed by atoms with E-state index in [0.29, 0.717) is 18.1 Å². The Balaban J connectivity index is 2.27. The molecule has 2 aromatic rings. The normalized spacial score (nSPS) is 12.9. The van der Waals surface area contributed by atoms with Crippen molar-refractivity contribution in [1.29, 1.82) is 0 Å². The molecule has 2 aromatic heterocycles. The summed E-state index contributed by atoms with van der Waals surface area (Å²) in [5, 5.41) is 3.87. The van der Waals surface area contributed by atoms with E-state index >= 15 is 0 Å². The van der Waals surface area contributed by atoms with Gasteiger partial charge in [0, 0.05) is 13.0 Å². The second kappa shape index (κ2) is 4.44. The Hall–Kier alpha value is -1.69. The summed E-state index contributed by atoms with van der Waals surface area (Å²) in [6.45, 7) is 4.81. The van der Waals surface area contributed by atoms with E-state index in [1.807, 2.05) is 18.4 Å². The van der Waals surface area contributed by atoms with E-state index in [1.54, 1.807) is 12.5 Å². The maximum atomic E-state index is 6.06. The van der Waals surface area contributed by atoms with Gasteiger partial charge in [0.05, 0.1) is 18.2 Å². The molecule has 2 N–H and O–H groups in total. The Labute approximate surface area is 93.5 Å². The van der Waals surface area contributed by atoms with Crippen molar-refractivity contribution in [1.82, 2.24) is 19.7 Å². The van der Waals surface area contributed by atoms with Crippen LogP contribution in [0, 0.1) is 0 Å². The number of aromatic nitrogens is 4. The molecule has 86 valence electrons. The van der Waals surface area contributed by atoms with Gasteiger partial charge in [-0.2, -0.15) is 4.98 Å². The number of nitrogens with zero attached hydrogens (tertiary/aromatic N) is 4. The predicted octanol–water partition coefficient (Wildman–Crippen LogP) is 0.896. The van der Waals surface area contributed by atoms with E-state index in [4.69, 9.17) is 10.3 Å². The molecule has 6 heteroatoms. The summed E-state index contributed by atoms with van der Waals surface area (Å²) in [4.78, 5) is 8.28. The highest BCUT2D eigenvalue weighted by molar-refractivity contribution is 5.14. The van der Waals surface area contributed by atoms with Gasteiger partial charge in [0.1, 0.15) is 6.04 Å². The van der Waals surface area contributed by atoms with Crippen molar-refractivity contribution >= 4 is 0 Å². The average Bonchev–Trinajstić information content (AvgIpc) is 2.96. The molecular formula is C10H15N5O. The lowest BCUT2D eigenvalue weighted by molar-refractivity contribution is 0.374. The molecule has 1 atom stereocenters. The minimum atomic E-state index is -0.383. The maximum Gasteiger partial charge on any atom is 0.226 e. The fourth-order valence-electron chi connectivity index (χ4n) is 1.52. The van der Waals surface area contributed by atoms with E-state index in [9.17, 15) is 0 Å². The van der Waals surface area contributed by atoms with Crippen LogP contribution in [-0.4, -0.2) is 19.7 Å². The maximum absolute atomic E-state index is 6.06. The molecule has 2 heterocycles. The van der Waals surface area contributed by atoms with Gasteiger partial charge in [-0.3, -0.25) is 0 Å². The first-order chi connectivity index (χ1) is 7.76. The van der Waals surface area contributed by atoms with Gasteiger partial charge in [-0.05, 0) is 6.92 Å². The molecule has 2 rings (SSSR count). The van der Waals surface area contributed by atoms with E-state index in [2.05, 4.69) is 15.1 Å². The molecule has 0 radical (unpaired) electrons. The molecular weight excluding hydrogens is 206 g/mol. The van der Waals surface area contributed by atoms with Gasteiger partial charge in [0.2, 0.25) is 5.89 Å². The molecule has 0 amide bonds. The van der Waals surface area contributed by atoms with Gasteiger partial charge in [0.15, 0.2) is 5.82 Å². The van der Waals surface area contributed by atoms with E-state index < -0.39 is 0 Å². The molecule has 0 aliphatic heterocycles. The first kappa shape index (κ1) is 10.8. The van der Waals surface area contributed by atoms with Crippen LogP contribution in [0.3, 0.4) is 0 Å². The molecule has 16 heavy (non-hydrogen) atoms. The number of aryl methyl sites for hydroxylation is 2. The van der Waals surface area contributed by atoms with Crippen molar-refractivity contribution in [2.45, 2.75) is 32.9 Å². The highest BCUT2D eigenvalue weighted by Crippen LogP contribution is 2.16. The largest absolute Gasteiger partial charge is 0.339 e. The minimum absolute atomic E-state index is 0.383. The molecule has 0 aromatic carbocycles. The van der Waals surface area contributed by atoms with Crippen LogP contribution in [0.4, 0.5) is 0 Å². The van der Waals surface area contributed by atoms with Crippen LogP contribution >= 0.6 is 0 Å². The molecule has 0 saturated heterocycles. The summed E-state index contributed by atoms with van der Waals surface area (Å²) in [6.07, 6.45) is 4.19. The summed E-state index contributed by atoms with van der Waals surface area (Å²) in [6, 6.07) is -0.383. The average molecular weight is 221 g/mol. The number of hydrogen-bond donors (Lipinski definition) is 1. The van der Waals surface area contributed by atoms with Gasteiger partial charge < -0.3 is 14.8 Å². The van der Waals surface area contributed by atoms with E-state index in [1.165, 1.54) is 0 Å². The number of imidazole rings is 1. The summed E-state index contributed by atoms with van der Waals surface area (Å²) < 4.78 is 7.00. The zero-order valence-corrected chi connectivity index (χ0v) is 9.42. The van der Waals surface area contributed by atoms with Gasteiger partial charge in [-0.25, -0.2) is 4.98 Å². The highest BCUT2D eigenvalue weighted by Gasteiger charge is 2.18. The summed E-state index contributed by atoms with van der Waals surface area (Å²) in [5.74, 6) is 1.11. The Morgan fingerprint density at radius 1 is 1.50 bits per heavy atom. The van der Waals surface area contributed by atoms with Crippen molar-refractivity contribution in [2.24, 2.45) is 5.73 Å². The Bertz CT molecular complexity index is 461. The summed E-state index contributed by atoms with van der Waals surface area (Å²) in [5.41, 5.74) is 6.95. The fourth-order valence-corrected chi connectivity index (χ4v) is 1.52. The lowest BCUT2D eigenvalue weighted by Gasteiger charge is -2.09. The quantitative estimate of drug-likeness (QED) is 0.829. The van der Waals surface area contributed by atoms with Crippen LogP contribution in [0.25, 0.3) is 0 Å². The van der Waals surface area contributed by atoms with Gasteiger partial charge in [0.25, 0.3) is 0 Å². The zero-order chi connectivity index (χ0) is 11.5. The molecule has 0 saturated carbocycles. The Morgan fingerprint density at radius 2 is 2.31 bits per heavy atom.